The normalized spacial score (nSPS) is 10.6. The molecule has 1 rings (SSSR count). The van der Waals surface area contributed by atoms with E-state index in [0.29, 0.717) is 23.6 Å². The van der Waals surface area contributed by atoms with E-state index in [1.54, 1.807) is 30.1 Å². The van der Waals surface area contributed by atoms with E-state index in [-0.39, 0.29) is 18.3 Å². The van der Waals surface area contributed by atoms with Gasteiger partial charge in [0.2, 0.25) is 5.91 Å². The number of carbonyl (C=O) groups excluding carboxylic acids is 1. The molecule has 20 heavy (non-hydrogen) atoms. The number of hydrogen-bond acceptors (Lipinski definition) is 3. The van der Waals surface area contributed by atoms with E-state index in [4.69, 9.17) is 5.11 Å². The van der Waals surface area contributed by atoms with Crippen LogP contribution < -0.4 is 0 Å². The molecule has 0 aliphatic heterocycles. The summed E-state index contributed by atoms with van der Waals surface area (Å²) in [6.45, 7) is 0.917. The van der Waals surface area contributed by atoms with Crippen LogP contribution in [0.4, 0.5) is 4.39 Å². The first-order valence-corrected chi connectivity index (χ1v) is 7.86. The van der Waals surface area contributed by atoms with Crippen molar-refractivity contribution in [2.24, 2.45) is 0 Å². The Balaban J connectivity index is 2.21. The standard InChI is InChI=1S/C15H22FNO2S/c1-17(10-5-2-6-11-18)15(19)9-12-20-14-8-4-3-7-13(14)16/h3-4,7-8,18H,2,5-6,9-12H2,1H3. The van der Waals surface area contributed by atoms with Crippen molar-refractivity contribution in [3.63, 3.8) is 0 Å². The molecule has 0 fully saturated rings. The molecular formula is C15H22FNO2S. The molecule has 0 atom stereocenters. The summed E-state index contributed by atoms with van der Waals surface area (Å²) in [5.41, 5.74) is 0. The van der Waals surface area contributed by atoms with Crippen molar-refractivity contribution in [2.45, 2.75) is 30.6 Å². The summed E-state index contributed by atoms with van der Waals surface area (Å²) in [6, 6.07) is 6.60. The number of aliphatic hydroxyl groups excluding tert-OH is 1. The van der Waals surface area contributed by atoms with Gasteiger partial charge in [0.25, 0.3) is 0 Å². The number of unbranched alkanes of at least 4 members (excludes halogenated alkanes) is 2. The highest BCUT2D eigenvalue weighted by atomic mass is 32.2. The number of nitrogens with zero attached hydrogens (tertiary/aromatic N) is 1. The van der Waals surface area contributed by atoms with Crippen molar-refractivity contribution in [3.05, 3.63) is 30.1 Å². The molecule has 0 saturated heterocycles. The van der Waals surface area contributed by atoms with Crippen LogP contribution >= 0.6 is 11.8 Å². The minimum atomic E-state index is -0.234. The zero-order valence-electron chi connectivity index (χ0n) is 11.8. The minimum Gasteiger partial charge on any atom is -0.396 e. The fourth-order valence-electron chi connectivity index (χ4n) is 1.76. The number of thioether (sulfide) groups is 1. The summed E-state index contributed by atoms with van der Waals surface area (Å²) in [4.78, 5) is 14.1. The first-order valence-electron chi connectivity index (χ1n) is 6.87. The number of rotatable bonds is 9. The van der Waals surface area contributed by atoms with Gasteiger partial charge in [-0.1, -0.05) is 12.1 Å². The summed E-state index contributed by atoms with van der Waals surface area (Å²) in [5.74, 6) is 0.431. The topological polar surface area (TPSA) is 40.5 Å². The lowest BCUT2D eigenvalue weighted by Crippen LogP contribution is -2.27. The van der Waals surface area contributed by atoms with Gasteiger partial charge in [0.15, 0.2) is 0 Å². The Morgan fingerprint density at radius 2 is 2.05 bits per heavy atom. The second-order valence-corrected chi connectivity index (χ2v) is 5.77. The summed E-state index contributed by atoms with van der Waals surface area (Å²) >= 11 is 1.37. The first kappa shape index (κ1) is 17.0. The van der Waals surface area contributed by atoms with Crippen molar-refractivity contribution in [3.8, 4) is 0 Å². The molecule has 0 aromatic heterocycles. The van der Waals surface area contributed by atoms with Crippen LogP contribution in [0.1, 0.15) is 25.7 Å². The Labute approximate surface area is 124 Å². The van der Waals surface area contributed by atoms with Crippen LogP contribution in [0.2, 0.25) is 0 Å². The molecule has 5 heteroatoms. The maximum absolute atomic E-state index is 13.4. The van der Waals surface area contributed by atoms with Gasteiger partial charge in [-0.25, -0.2) is 4.39 Å². The largest absolute Gasteiger partial charge is 0.396 e. The van der Waals surface area contributed by atoms with Crippen LogP contribution in [0.5, 0.6) is 0 Å². The van der Waals surface area contributed by atoms with Crippen LogP contribution in [-0.2, 0) is 4.79 Å². The predicted octanol–water partition coefficient (Wildman–Crippen LogP) is 2.93. The van der Waals surface area contributed by atoms with Crippen molar-refractivity contribution in [1.29, 1.82) is 0 Å². The molecule has 0 aliphatic carbocycles. The maximum atomic E-state index is 13.4. The highest BCUT2D eigenvalue weighted by Crippen LogP contribution is 2.21. The maximum Gasteiger partial charge on any atom is 0.223 e. The quantitative estimate of drug-likeness (QED) is 0.563. The van der Waals surface area contributed by atoms with E-state index in [1.165, 1.54) is 17.8 Å². The van der Waals surface area contributed by atoms with Gasteiger partial charge in [0.1, 0.15) is 5.82 Å². The van der Waals surface area contributed by atoms with Gasteiger partial charge in [-0.3, -0.25) is 4.79 Å². The predicted molar refractivity (Wildman–Crippen MR) is 80.3 cm³/mol. The van der Waals surface area contributed by atoms with Gasteiger partial charge >= 0.3 is 0 Å². The molecule has 0 unspecified atom stereocenters. The Morgan fingerprint density at radius 3 is 2.75 bits per heavy atom. The molecule has 1 N–H and O–H groups in total. The third kappa shape index (κ3) is 6.39. The molecule has 0 aliphatic rings. The van der Waals surface area contributed by atoms with Crippen molar-refractivity contribution < 1.29 is 14.3 Å². The van der Waals surface area contributed by atoms with E-state index >= 15 is 0 Å². The Bertz CT molecular complexity index is 415. The van der Waals surface area contributed by atoms with E-state index in [2.05, 4.69) is 0 Å². The average Bonchev–Trinajstić information content (AvgIpc) is 2.45. The number of benzene rings is 1. The van der Waals surface area contributed by atoms with Crippen LogP contribution in [0.3, 0.4) is 0 Å². The molecular weight excluding hydrogens is 277 g/mol. The molecule has 0 spiro atoms. The molecule has 1 aromatic carbocycles. The van der Waals surface area contributed by atoms with Gasteiger partial charge in [-0.15, -0.1) is 11.8 Å². The summed E-state index contributed by atoms with van der Waals surface area (Å²) in [7, 11) is 1.79. The van der Waals surface area contributed by atoms with Crippen LogP contribution in [-0.4, -0.2) is 41.9 Å². The van der Waals surface area contributed by atoms with E-state index in [0.717, 1.165) is 19.3 Å². The second kappa shape index (κ2) is 9.77. The number of amides is 1. The highest BCUT2D eigenvalue weighted by Gasteiger charge is 2.09. The third-order valence-corrected chi connectivity index (χ3v) is 4.04. The van der Waals surface area contributed by atoms with Gasteiger partial charge in [0.05, 0.1) is 0 Å². The molecule has 1 amide bonds. The van der Waals surface area contributed by atoms with Crippen LogP contribution in [0.25, 0.3) is 0 Å². The van der Waals surface area contributed by atoms with Crippen LogP contribution in [0.15, 0.2) is 29.2 Å². The number of aliphatic hydroxyl groups is 1. The molecule has 0 radical (unpaired) electrons. The number of halogens is 1. The van der Waals surface area contributed by atoms with Crippen LogP contribution in [0, 0.1) is 5.82 Å². The van der Waals surface area contributed by atoms with Gasteiger partial charge < -0.3 is 10.0 Å². The molecule has 0 heterocycles. The monoisotopic (exact) mass is 299 g/mol. The molecule has 0 saturated carbocycles. The summed E-state index contributed by atoms with van der Waals surface area (Å²) < 4.78 is 13.4. The number of hydrogen-bond donors (Lipinski definition) is 1. The van der Waals surface area contributed by atoms with E-state index in [1.807, 2.05) is 0 Å². The molecule has 0 bridgehead atoms. The zero-order chi connectivity index (χ0) is 14.8. The highest BCUT2D eigenvalue weighted by molar-refractivity contribution is 7.99. The smallest absolute Gasteiger partial charge is 0.223 e. The van der Waals surface area contributed by atoms with E-state index < -0.39 is 0 Å². The summed E-state index contributed by atoms with van der Waals surface area (Å²) in [6.07, 6.45) is 3.03. The Hall–Kier alpha value is -1.07. The molecule has 112 valence electrons. The van der Waals surface area contributed by atoms with E-state index in [9.17, 15) is 9.18 Å². The van der Waals surface area contributed by atoms with Gasteiger partial charge in [-0.05, 0) is 31.4 Å². The lowest BCUT2D eigenvalue weighted by atomic mass is 10.2. The lowest BCUT2D eigenvalue weighted by Gasteiger charge is -2.16. The lowest BCUT2D eigenvalue weighted by molar-refractivity contribution is -0.129. The average molecular weight is 299 g/mol. The fraction of sp³-hybridized carbons (Fsp3) is 0.533. The summed E-state index contributed by atoms with van der Waals surface area (Å²) in [5, 5.41) is 8.67. The second-order valence-electron chi connectivity index (χ2n) is 4.63. The minimum absolute atomic E-state index is 0.0813. The van der Waals surface area contributed by atoms with Crippen molar-refractivity contribution >= 4 is 17.7 Å². The fourth-order valence-corrected chi connectivity index (χ4v) is 2.64. The Kier molecular flexibility index (Phi) is 8.30. The number of carbonyl (C=O) groups is 1. The van der Waals surface area contributed by atoms with Crippen molar-refractivity contribution in [2.75, 3.05) is 26.0 Å². The van der Waals surface area contributed by atoms with Gasteiger partial charge in [0, 0.05) is 37.3 Å². The zero-order valence-corrected chi connectivity index (χ0v) is 12.7. The third-order valence-electron chi connectivity index (χ3n) is 2.99. The van der Waals surface area contributed by atoms with Crippen molar-refractivity contribution in [1.82, 2.24) is 4.90 Å². The molecule has 3 nitrogen and oxygen atoms in total. The SMILES string of the molecule is CN(CCCCCO)C(=O)CCSc1ccccc1F. The molecule has 1 aromatic rings. The Morgan fingerprint density at radius 1 is 1.30 bits per heavy atom. The first-order chi connectivity index (χ1) is 9.65. The van der Waals surface area contributed by atoms with Gasteiger partial charge in [-0.2, -0.15) is 0 Å².